The normalized spacial score (nSPS) is 11.3. The van der Waals surface area contributed by atoms with Crippen molar-refractivity contribution >= 4 is 16.0 Å². The smallest absolute Gasteiger partial charge is 0.338 e. The van der Waals surface area contributed by atoms with E-state index in [2.05, 4.69) is 0 Å². The van der Waals surface area contributed by atoms with E-state index in [-0.39, 0.29) is 17.1 Å². The highest BCUT2D eigenvalue weighted by Crippen LogP contribution is 2.18. The number of ether oxygens (including phenoxy) is 2. The average Bonchev–Trinajstić information content (AvgIpc) is 2.41. The Balaban J connectivity index is 2.89. The van der Waals surface area contributed by atoms with E-state index in [4.69, 9.17) is 14.6 Å². The van der Waals surface area contributed by atoms with E-state index in [1.54, 1.807) is 13.2 Å². The molecule has 0 atom stereocenters. The highest BCUT2D eigenvalue weighted by atomic mass is 32.2. The summed E-state index contributed by atoms with van der Waals surface area (Å²) in [6.07, 6.45) is 1.09. The summed E-state index contributed by atoms with van der Waals surface area (Å²) >= 11 is 0. The number of hydrogen-bond donors (Lipinski definition) is 1. The van der Waals surface area contributed by atoms with Crippen LogP contribution in [0.15, 0.2) is 23.1 Å². The SMILES string of the molecule is CCc1ccc(C(=O)OCCCOC)cc1S(N)(=O)=O. The maximum atomic E-state index is 11.8. The van der Waals surface area contributed by atoms with E-state index in [0.717, 1.165) is 0 Å². The first-order valence-electron chi connectivity index (χ1n) is 6.22. The zero-order valence-electron chi connectivity index (χ0n) is 11.6. The fourth-order valence-corrected chi connectivity index (χ4v) is 2.56. The minimum Gasteiger partial charge on any atom is -0.462 e. The first kappa shape index (κ1) is 16.6. The number of rotatable bonds is 7. The van der Waals surface area contributed by atoms with Crippen LogP contribution in [0.4, 0.5) is 0 Å². The van der Waals surface area contributed by atoms with E-state index < -0.39 is 16.0 Å². The van der Waals surface area contributed by atoms with Crippen LogP contribution in [0.5, 0.6) is 0 Å². The number of methoxy groups -OCH3 is 1. The molecular formula is C13H19NO5S. The summed E-state index contributed by atoms with van der Waals surface area (Å²) in [5.41, 5.74) is 0.743. The second-order valence-electron chi connectivity index (χ2n) is 4.20. The van der Waals surface area contributed by atoms with Crippen molar-refractivity contribution in [2.24, 2.45) is 5.14 Å². The summed E-state index contributed by atoms with van der Waals surface area (Å²) < 4.78 is 32.8. The Hall–Kier alpha value is -1.44. The lowest BCUT2D eigenvalue weighted by Crippen LogP contribution is -2.16. The molecule has 6 nitrogen and oxygen atoms in total. The van der Waals surface area contributed by atoms with Gasteiger partial charge < -0.3 is 9.47 Å². The van der Waals surface area contributed by atoms with Crippen LogP contribution in [0.1, 0.15) is 29.3 Å². The van der Waals surface area contributed by atoms with E-state index in [9.17, 15) is 13.2 Å². The van der Waals surface area contributed by atoms with Gasteiger partial charge in [0.15, 0.2) is 0 Å². The van der Waals surface area contributed by atoms with Gasteiger partial charge in [0.2, 0.25) is 10.0 Å². The number of carbonyl (C=O) groups is 1. The first-order chi connectivity index (χ1) is 9.40. The summed E-state index contributed by atoms with van der Waals surface area (Å²) in [5, 5.41) is 5.15. The van der Waals surface area contributed by atoms with Crippen LogP contribution < -0.4 is 5.14 Å². The fraction of sp³-hybridized carbons (Fsp3) is 0.462. The summed E-state index contributed by atoms with van der Waals surface area (Å²) in [6.45, 7) is 2.52. The lowest BCUT2D eigenvalue weighted by Gasteiger charge is -2.09. The molecule has 7 heteroatoms. The molecule has 0 aliphatic rings. The number of benzene rings is 1. The van der Waals surface area contributed by atoms with Crippen molar-refractivity contribution in [2.45, 2.75) is 24.7 Å². The van der Waals surface area contributed by atoms with Gasteiger partial charge in [-0.25, -0.2) is 18.4 Å². The fourth-order valence-electron chi connectivity index (χ4n) is 1.69. The van der Waals surface area contributed by atoms with Crippen LogP contribution in [-0.2, 0) is 25.9 Å². The van der Waals surface area contributed by atoms with Gasteiger partial charge in [-0.3, -0.25) is 0 Å². The molecule has 1 rings (SSSR count). The molecule has 0 unspecified atom stereocenters. The van der Waals surface area contributed by atoms with Crippen LogP contribution in [-0.4, -0.2) is 34.7 Å². The van der Waals surface area contributed by atoms with Gasteiger partial charge >= 0.3 is 5.97 Å². The van der Waals surface area contributed by atoms with Gasteiger partial charge in [0.1, 0.15) is 0 Å². The van der Waals surface area contributed by atoms with Gasteiger partial charge in [-0.15, -0.1) is 0 Å². The van der Waals surface area contributed by atoms with Crippen molar-refractivity contribution < 1.29 is 22.7 Å². The second kappa shape index (κ2) is 7.37. The van der Waals surface area contributed by atoms with Crippen molar-refractivity contribution in [3.8, 4) is 0 Å². The lowest BCUT2D eigenvalue weighted by molar-refractivity contribution is 0.0468. The highest BCUT2D eigenvalue weighted by Gasteiger charge is 2.17. The molecule has 0 aromatic heterocycles. The molecule has 0 saturated carbocycles. The molecule has 0 aliphatic carbocycles. The summed E-state index contributed by atoms with van der Waals surface area (Å²) in [6, 6.07) is 4.37. The molecular weight excluding hydrogens is 282 g/mol. The molecule has 0 amide bonds. The quantitative estimate of drug-likeness (QED) is 0.601. The standard InChI is InChI=1S/C13H19NO5S/c1-3-10-5-6-11(9-12(10)20(14,16)17)13(15)19-8-4-7-18-2/h5-6,9H,3-4,7-8H2,1-2H3,(H2,14,16,17). The second-order valence-corrected chi connectivity index (χ2v) is 5.73. The molecule has 112 valence electrons. The zero-order chi connectivity index (χ0) is 15.2. The first-order valence-corrected chi connectivity index (χ1v) is 7.76. The van der Waals surface area contributed by atoms with E-state index in [1.165, 1.54) is 12.1 Å². The molecule has 2 N–H and O–H groups in total. The van der Waals surface area contributed by atoms with Crippen molar-refractivity contribution in [2.75, 3.05) is 20.3 Å². The summed E-state index contributed by atoms with van der Waals surface area (Å²) in [7, 11) is -2.30. The predicted octanol–water partition coefficient (Wildman–Crippen LogP) is 1.09. The molecule has 0 heterocycles. The summed E-state index contributed by atoms with van der Waals surface area (Å²) in [5.74, 6) is -0.575. The van der Waals surface area contributed by atoms with E-state index in [0.29, 0.717) is 25.0 Å². The third-order valence-electron chi connectivity index (χ3n) is 2.72. The third kappa shape index (κ3) is 4.59. The molecule has 0 radical (unpaired) electrons. The van der Waals surface area contributed by atoms with Gasteiger partial charge in [-0.05, 0) is 24.1 Å². The minimum atomic E-state index is -3.86. The Morgan fingerprint density at radius 3 is 2.55 bits per heavy atom. The van der Waals surface area contributed by atoms with Crippen LogP contribution in [0.25, 0.3) is 0 Å². The van der Waals surface area contributed by atoms with Crippen molar-refractivity contribution in [3.63, 3.8) is 0 Å². The Morgan fingerprint density at radius 1 is 1.30 bits per heavy atom. The van der Waals surface area contributed by atoms with Crippen LogP contribution >= 0.6 is 0 Å². The number of esters is 1. The number of aryl methyl sites for hydroxylation is 1. The van der Waals surface area contributed by atoms with Gasteiger partial charge in [-0.1, -0.05) is 13.0 Å². The number of sulfonamides is 1. The molecule has 20 heavy (non-hydrogen) atoms. The molecule has 0 spiro atoms. The maximum Gasteiger partial charge on any atom is 0.338 e. The number of nitrogens with two attached hydrogens (primary N) is 1. The van der Waals surface area contributed by atoms with Crippen LogP contribution in [0.2, 0.25) is 0 Å². The molecule has 1 aromatic carbocycles. The van der Waals surface area contributed by atoms with Crippen molar-refractivity contribution in [1.82, 2.24) is 0 Å². The maximum absolute atomic E-state index is 11.8. The molecule has 0 saturated heterocycles. The van der Waals surface area contributed by atoms with Gasteiger partial charge in [0, 0.05) is 20.1 Å². The van der Waals surface area contributed by atoms with Gasteiger partial charge in [0.05, 0.1) is 17.1 Å². The Kier molecular flexibility index (Phi) is 6.12. The van der Waals surface area contributed by atoms with Crippen LogP contribution in [0.3, 0.4) is 0 Å². The Bertz CT molecular complexity index is 568. The van der Waals surface area contributed by atoms with E-state index >= 15 is 0 Å². The monoisotopic (exact) mass is 301 g/mol. The minimum absolute atomic E-state index is 0.0358. The summed E-state index contributed by atoms with van der Waals surface area (Å²) in [4.78, 5) is 11.8. The van der Waals surface area contributed by atoms with E-state index in [1.807, 2.05) is 6.92 Å². The van der Waals surface area contributed by atoms with Crippen LogP contribution in [0, 0.1) is 0 Å². The number of hydrogen-bond acceptors (Lipinski definition) is 5. The van der Waals surface area contributed by atoms with Gasteiger partial charge in [0.25, 0.3) is 0 Å². The predicted molar refractivity (Wildman–Crippen MR) is 74.0 cm³/mol. The largest absolute Gasteiger partial charge is 0.462 e. The lowest BCUT2D eigenvalue weighted by atomic mass is 10.1. The average molecular weight is 301 g/mol. The third-order valence-corrected chi connectivity index (χ3v) is 3.71. The zero-order valence-corrected chi connectivity index (χ0v) is 12.4. The Labute approximate surface area is 118 Å². The highest BCUT2D eigenvalue weighted by molar-refractivity contribution is 7.89. The van der Waals surface area contributed by atoms with Crippen molar-refractivity contribution in [1.29, 1.82) is 0 Å². The number of primary sulfonamides is 1. The van der Waals surface area contributed by atoms with Crippen molar-refractivity contribution in [3.05, 3.63) is 29.3 Å². The number of carbonyl (C=O) groups excluding carboxylic acids is 1. The Morgan fingerprint density at radius 2 is 2.00 bits per heavy atom. The topological polar surface area (TPSA) is 95.7 Å². The molecule has 0 fully saturated rings. The van der Waals surface area contributed by atoms with Gasteiger partial charge in [-0.2, -0.15) is 0 Å². The molecule has 1 aromatic rings. The molecule has 0 aliphatic heterocycles. The molecule has 0 bridgehead atoms.